The number of aromatic nitrogens is 7. The van der Waals surface area contributed by atoms with Gasteiger partial charge in [0.25, 0.3) is 5.89 Å². The van der Waals surface area contributed by atoms with Crippen molar-refractivity contribution in [1.29, 1.82) is 0 Å². The number of rotatable bonds is 3. The molecule has 0 aliphatic heterocycles. The molecule has 1 aromatic carbocycles. The summed E-state index contributed by atoms with van der Waals surface area (Å²) in [6.45, 7) is 0. The number of hydrogen-bond acceptors (Lipinski definition) is 6. The second-order valence-corrected chi connectivity index (χ2v) is 4.70. The molecule has 0 spiro atoms. The Labute approximate surface area is 118 Å². The zero-order chi connectivity index (χ0) is 14.2. The molecule has 0 bridgehead atoms. The Kier molecular flexibility index (Phi) is 2.53. The van der Waals surface area contributed by atoms with E-state index in [0.717, 1.165) is 16.5 Å². The standard InChI is InChI=1S/C13H11N7O/c1-20-15-7-11(18-20)13-16-12(19-21-13)5-8-2-3-10-9(4-8)6-14-17-10/h2-4,6-7H,5H2,1H3,(H,14,17). The third-order valence-corrected chi connectivity index (χ3v) is 3.15. The lowest BCUT2D eigenvalue weighted by Gasteiger charge is -1.96. The molecule has 21 heavy (non-hydrogen) atoms. The Hall–Kier alpha value is -3.03. The number of nitrogens with one attached hydrogen (secondary N) is 1. The van der Waals surface area contributed by atoms with E-state index in [0.29, 0.717) is 23.8 Å². The molecule has 0 saturated carbocycles. The summed E-state index contributed by atoms with van der Waals surface area (Å²) in [6, 6.07) is 6.05. The number of fused-ring (bicyclic) bond motifs is 1. The Bertz CT molecular complexity index is 904. The van der Waals surface area contributed by atoms with Crippen LogP contribution >= 0.6 is 0 Å². The summed E-state index contributed by atoms with van der Waals surface area (Å²) in [6.07, 6.45) is 3.97. The van der Waals surface area contributed by atoms with Crippen molar-refractivity contribution in [3.05, 3.63) is 42.0 Å². The van der Waals surface area contributed by atoms with Gasteiger partial charge >= 0.3 is 0 Å². The van der Waals surface area contributed by atoms with Gasteiger partial charge in [0, 0.05) is 18.9 Å². The highest BCUT2D eigenvalue weighted by atomic mass is 16.5. The van der Waals surface area contributed by atoms with Gasteiger partial charge in [0.2, 0.25) is 0 Å². The number of H-pyrrole nitrogens is 1. The predicted molar refractivity (Wildman–Crippen MR) is 73.2 cm³/mol. The Morgan fingerprint density at radius 3 is 3.10 bits per heavy atom. The van der Waals surface area contributed by atoms with Gasteiger partial charge in [0.05, 0.1) is 17.9 Å². The average molecular weight is 281 g/mol. The van der Waals surface area contributed by atoms with Crippen molar-refractivity contribution < 1.29 is 4.52 Å². The van der Waals surface area contributed by atoms with Crippen molar-refractivity contribution in [3.63, 3.8) is 0 Å². The van der Waals surface area contributed by atoms with Crippen LogP contribution in [0.25, 0.3) is 22.5 Å². The van der Waals surface area contributed by atoms with Gasteiger partial charge in [0.15, 0.2) is 11.5 Å². The maximum absolute atomic E-state index is 5.21. The van der Waals surface area contributed by atoms with Crippen LogP contribution in [0.5, 0.6) is 0 Å². The molecule has 3 aromatic heterocycles. The van der Waals surface area contributed by atoms with Crippen LogP contribution in [0.1, 0.15) is 11.4 Å². The van der Waals surface area contributed by atoms with E-state index in [4.69, 9.17) is 4.52 Å². The largest absolute Gasteiger partial charge is 0.332 e. The van der Waals surface area contributed by atoms with Crippen LogP contribution in [0.3, 0.4) is 0 Å². The molecule has 0 atom stereocenters. The van der Waals surface area contributed by atoms with Crippen LogP contribution in [-0.2, 0) is 13.5 Å². The molecular formula is C13H11N7O. The highest BCUT2D eigenvalue weighted by Crippen LogP contribution is 2.17. The first-order valence-corrected chi connectivity index (χ1v) is 6.39. The summed E-state index contributed by atoms with van der Waals surface area (Å²) in [7, 11) is 1.74. The molecule has 0 aliphatic rings. The van der Waals surface area contributed by atoms with Gasteiger partial charge in [-0.05, 0) is 17.7 Å². The number of hydrogen-bond donors (Lipinski definition) is 1. The summed E-state index contributed by atoms with van der Waals surface area (Å²) < 4.78 is 5.21. The van der Waals surface area contributed by atoms with E-state index >= 15 is 0 Å². The molecule has 3 heterocycles. The van der Waals surface area contributed by atoms with Crippen LogP contribution < -0.4 is 0 Å². The maximum Gasteiger partial charge on any atom is 0.280 e. The minimum Gasteiger partial charge on any atom is -0.332 e. The molecule has 8 heteroatoms. The molecule has 4 aromatic rings. The van der Waals surface area contributed by atoms with Crippen molar-refractivity contribution in [2.24, 2.45) is 7.05 Å². The Morgan fingerprint density at radius 2 is 2.24 bits per heavy atom. The SMILES string of the molecule is Cn1ncc(-c2nc(Cc3ccc4[nH]ncc4c3)no2)n1. The quantitative estimate of drug-likeness (QED) is 0.608. The first-order chi connectivity index (χ1) is 10.3. The first-order valence-electron chi connectivity index (χ1n) is 6.39. The van der Waals surface area contributed by atoms with Crippen molar-refractivity contribution in [1.82, 2.24) is 35.3 Å². The van der Waals surface area contributed by atoms with Gasteiger partial charge < -0.3 is 4.52 Å². The second-order valence-electron chi connectivity index (χ2n) is 4.70. The van der Waals surface area contributed by atoms with Gasteiger partial charge in [-0.3, -0.25) is 5.10 Å². The highest BCUT2D eigenvalue weighted by molar-refractivity contribution is 5.78. The molecule has 0 unspecified atom stereocenters. The van der Waals surface area contributed by atoms with Crippen molar-refractivity contribution in [3.8, 4) is 11.6 Å². The zero-order valence-corrected chi connectivity index (χ0v) is 11.2. The lowest BCUT2D eigenvalue weighted by atomic mass is 10.1. The van der Waals surface area contributed by atoms with Gasteiger partial charge in [-0.1, -0.05) is 11.2 Å². The molecule has 104 valence electrons. The number of benzene rings is 1. The van der Waals surface area contributed by atoms with E-state index in [-0.39, 0.29) is 0 Å². The molecule has 0 saturated heterocycles. The lowest BCUT2D eigenvalue weighted by Crippen LogP contribution is -1.92. The molecule has 0 amide bonds. The highest BCUT2D eigenvalue weighted by Gasteiger charge is 2.12. The molecule has 0 fully saturated rings. The fraction of sp³-hybridized carbons (Fsp3) is 0.154. The van der Waals surface area contributed by atoms with Crippen molar-refractivity contribution >= 4 is 10.9 Å². The summed E-state index contributed by atoms with van der Waals surface area (Å²) >= 11 is 0. The minimum atomic E-state index is 0.377. The van der Waals surface area contributed by atoms with Crippen LogP contribution in [0.2, 0.25) is 0 Å². The molecule has 8 nitrogen and oxygen atoms in total. The fourth-order valence-electron chi connectivity index (χ4n) is 2.16. The third kappa shape index (κ3) is 2.16. The fourth-order valence-corrected chi connectivity index (χ4v) is 2.16. The number of nitrogens with zero attached hydrogens (tertiary/aromatic N) is 6. The summed E-state index contributed by atoms with van der Waals surface area (Å²) in [5.74, 6) is 0.987. The van der Waals surface area contributed by atoms with Crippen LogP contribution in [0.15, 0.2) is 35.1 Å². The second kappa shape index (κ2) is 4.51. The molecule has 4 rings (SSSR count). The minimum absolute atomic E-state index is 0.377. The van der Waals surface area contributed by atoms with Gasteiger partial charge in [-0.15, -0.1) is 5.10 Å². The topological polar surface area (TPSA) is 98.3 Å². The van der Waals surface area contributed by atoms with E-state index in [9.17, 15) is 0 Å². The van der Waals surface area contributed by atoms with Gasteiger partial charge in [0.1, 0.15) is 0 Å². The molecule has 1 N–H and O–H groups in total. The first kappa shape index (κ1) is 11.8. The molecule has 0 aliphatic carbocycles. The third-order valence-electron chi connectivity index (χ3n) is 3.15. The summed E-state index contributed by atoms with van der Waals surface area (Å²) in [5, 5.41) is 20.1. The van der Waals surface area contributed by atoms with Gasteiger partial charge in [-0.25, -0.2) is 0 Å². The van der Waals surface area contributed by atoms with Crippen molar-refractivity contribution in [2.45, 2.75) is 6.42 Å². The zero-order valence-electron chi connectivity index (χ0n) is 11.2. The summed E-state index contributed by atoms with van der Waals surface area (Å²) in [5.41, 5.74) is 2.67. The Balaban J connectivity index is 1.61. The van der Waals surface area contributed by atoms with E-state index in [1.807, 2.05) is 12.1 Å². The maximum atomic E-state index is 5.21. The smallest absolute Gasteiger partial charge is 0.280 e. The number of aryl methyl sites for hydroxylation is 1. The van der Waals surface area contributed by atoms with Gasteiger partial charge in [-0.2, -0.15) is 20.0 Å². The van der Waals surface area contributed by atoms with Crippen LogP contribution in [0.4, 0.5) is 0 Å². The lowest BCUT2D eigenvalue weighted by molar-refractivity contribution is 0.422. The summed E-state index contributed by atoms with van der Waals surface area (Å²) in [4.78, 5) is 5.79. The predicted octanol–water partition coefficient (Wildman–Crippen LogP) is 1.33. The molecule has 0 radical (unpaired) electrons. The average Bonchev–Trinajstić information content (AvgIpc) is 3.18. The van der Waals surface area contributed by atoms with Crippen LogP contribution in [-0.4, -0.2) is 35.3 Å². The van der Waals surface area contributed by atoms with Crippen molar-refractivity contribution in [2.75, 3.05) is 0 Å². The Morgan fingerprint density at radius 1 is 1.29 bits per heavy atom. The van der Waals surface area contributed by atoms with E-state index in [1.165, 1.54) is 4.80 Å². The normalized spacial score (nSPS) is 11.3. The van der Waals surface area contributed by atoms with Crippen LogP contribution in [0, 0.1) is 0 Å². The molecular weight excluding hydrogens is 270 g/mol. The van der Waals surface area contributed by atoms with E-state index < -0.39 is 0 Å². The van der Waals surface area contributed by atoms with E-state index in [1.54, 1.807) is 19.4 Å². The monoisotopic (exact) mass is 281 g/mol. The number of aromatic amines is 1. The van der Waals surface area contributed by atoms with E-state index in [2.05, 4.69) is 36.6 Å².